The summed E-state index contributed by atoms with van der Waals surface area (Å²) in [5, 5.41) is 6.53. The van der Waals surface area contributed by atoms with E-state index < -0.39 is 0 Å². The quantitative estimate of drug-likeness (QED) is 0.868. The smallest absolute Gasteiger partial charge is 0.275 e. The number of hydrogen-bond acceptors (Lipinski definition) is 5. The van der Waals surface area contributed by atoms with Gasteiger partial charge in [-0.3, -0.25) is 4.79 Å². The molecule has 0 bridgehead atoms. The van der Waals surface area contributed by atoms with E-state index in [-0.39, 0.29) is 17.7 Å². The van der Waals surface area contributed by atoms with Gasteiger partial charge < -0.3 is 15.4 Å². The summed E-state index contributed by atoms with van der Waals surface area (Å²) in [6.45, 7) is 3.42. The van der Waals surface area contributed by atoms with Crippen LogP contribution in [0.2, 0.25) is 5.02 Å². The molecule has 1 aromatic carbocycles. The molecule has 1 aliphatic heterocycles. The maximum Gasteiger partial charge on any atom is 0.275 e. The third-order valence-electron chi connectivity index (χ3n) is 3.85. The van der Waals surface area contributed by atoms with Gasteiger partial charge >= 0.3 is 0 Å². The third kappa shape index (κ3) is 4.21. The van der Waals surface area contributed by atoms with Crippen molar-refractivity contribution in [3.05, 3.63) is 46.9 Å². The fraction of sp³-hybridized carbons (Fsp3) is 0.353. The van der Waals surface area contributed by atoms with Crippen LogP contribution in [-0.4, -0.2) is 35.1 Å². The van der Waals surface area contributed by atoms with Crippen LogP contribution in [0.4, 0.5) is 11.5 Å². The van der Waals surface area contributed by atoms with Crippen LogP contribution in [0.5, 0.6) is 0 Å². The Morgan fingerprint density at radius 1 is 1.38 bits per heavy atom. The summed E-state index contributed by atoms with van der Waals surface area (Å²) in [4.78, 5) is 20.6. The van der Waals surface area contributed by atoms with Crippen LogP contribution in [0.1, 0.15) is 28.9 Å². The molecule has 1 unspecified atom stereocenters. The number of nitrogens with zero attached hydrogens (tertiary/aromatic N) is 2. The lowest BCUT2D eigenvalue weighted by Gasteiger charge is -2.11. The van der Waals surface area contributed by atoms with Crippen molar-refractivity contribution in [2.24, 2.45) is 0 Å². The van der Waals surface area contributed by atoms with Gasteiger partial charge in [-0.25, -0.2) is 9.97 Å². The molecule has 2 heterocycles. The summed E-state index contributed by atoms with van der Waals surface area (Å²) in [5.74, 6) is 0.300. The fourth-order valence-corrected chi connectivity index (χ4v) is 2.61. The third-order valence-corrected chi connectivity index (χ3v) is 4.26. The van der Waals surface area contributed by atoms with E-state index in [0.717, 1.165) is 25.0 Å². The number of anilines is 2. The van der Waals surface area contributed by atoms with Gasteiger partial charge in [0.25, 0.3) is 5.91 Å². The first-order chi connectivity index (χ1) is 11.6. The Kier molecular flexibility index (Phi) is 5.27. The minimum Gasteiger partial charge on any atom is -0.376 e. The molecule has 0 radical (unpaired) electrons. The standard InChI is InChI=1S/C17H19ClN4O2/c1-11-4-5-12(7-14(11)18)22-17(23)15-9-21-16(10-19-15)20-8-13-3-2-6-24-13/h4-5,7,9-10,13H,2-3,6,8H2,1H3,(H,20,21)(H,22,23). The zero-order valence-electron chi connectivity index (χ0n) is 13.4. The van der Waals surface area contributed by atoms with Crippen LogP contribution >= 0.6 is 11.6 Å². The number of hydrogen-bond donors (Lipinski definition) is 2. The summed E-state index contributed by atoms with van der Waals surface area (Å²) in [6.07, 6.45) is 5.37. The molecule has 2 N–H and O–H groups in total. The Labute approximate surface area is 145 Å². The SMILES string of the molecule is Cc1ccc(NC(=O)c2cnc(NCC3CCCO3)cn2)cc1Cl. The fourth-order valence-electron chi connectivity index (χ4n) is 2.43. The van der Waals surface area contributed by atoms with E-state index in [1.807, 2.05) is 13.0 Å². The minimum atomic E-state index is -0.326. The number of amides is 1. The summed E-state index contributed by atoms with van der Waals surface area (Å²) < 4.78 is 5.54. The van der Waals surface area contributed by atoms with Crippen molar-refractivity contribution in [2.75, 3.05) is 23.8 Å². The van der Waals surface area contributed by atoms with Crippen molar-refractivity contribution < 1.29 is 9.53 Å². The average Bonchev–Trinajstić information content (AvgIpc) is 3.10. The average molecular weight is 347 g/mol. The predicted octanol–water partition coefficient (Wildman–Crippen LogP) is 3.28. The summed E-state index contributed by atoms with van der Waals surface area (Å²) in [6, 6.07) is 5.35. The van der Waals surface area contributed by atoms with E-state index in [4.69, 9.17) is 16.3 Å². The molecule has 1 saturated heterocycles. The maximum atomic E-state index is 12.2. The van der Waals surface area contributed by atoms with E-state index in [9.17, 15) is 4.79 Å². The van der Waals surface area contributed by atoms with Gasteiger partial charge in [0.05, 0.1) is 18.5 Å². The van der Waals surface area contributed by atoms with E-state index in [2.05, 4.69) is 20.6 Å². The zero-order chi connectivity index (χ0) is 16.9. The first kappa shape index (κ1) is 16.7. The minimum absolute atomic E-state index is 0.223. The molecule has 3 rings (SSSR count). The van der Waals surface area contributed by atoms with Crippen LogP contribution in [-0.2, 0) is 4.74 Å². The Balaban J connectivity index is 1.57. The summed E-state index contributed by atoms with van der Waals surface area (Å²) in [7, 11) is 0. The van der Waals surface area contributed by atoms with Gasteiger partial charge in [-0.15, -0.1) is 0 Å². The second-order valence-corrected chi connectivity index (χ2v) is 6.13. The first-order valence-electron chi connectivity index (χ1n) is 7.87. The summed E-state index contributed by atoms with van der Waals surface area (Å²) in [5.41, 5.74) is 1.82. The van der Waals surface area contributed by atoms with Crippen molar-refractivity contribution in [3.8, 4) is 0 Å². The molecule has 6 nitrogen and oxygen atoms in total. The van der Waals surface area contributed by atoms with Gasteiger partial charge in [-0.05, 0) is 37.5 Å². The van der Waals surface area contributed by atoms with E-state index in [1.165, 1.54) is 6.20 Å². The Bertz CT molecular complexity index is 715. The normalized spacial score (nSPS) is 16.8. The van der Waals surface area contributed by atoms with Crippen molar-refractivity contribution in [1.82, 2.24) is 9.97 Å². The van der Waals surface area contributed by atoms with Crippen molar-refractivity contribution in [1.29, 1.82) is 0 Å². The second kappa shape index (κ2) is 7.59. The molecule has 126 valence electrons. The van der Waals surface area contributed by atoms with E-state index in [1.54, 1.807) is 18.3 Å². The number of aryl methyl sites for hydroxylation is 1. The second-order valence-electron chi connectivity index (χ2n) is 5.72. The van der Waals surface area contributed by atoms with Gasteiger partial charge in [-0.1, -0.05) is 17.7 Å². The van der Waals surface area contributed by atoms with Gasteiger partial charge in [-0.2, -0.15) is 0 Å². The molecule has 1 fully saturated rings. The number of halogens is 1. The molecular weight excluding hydrogens is 328 g/mol. The van der Waals surface area contributed by atoms with Gasteiger partial charge in [0.2, 0.25) is 0 Å². The van der Waals surface area contributed by atoms with Crippen LogP contribution in [0.25, 0.3) is 0 Å². The maximum absolute atomic E-state index is 12.2. The predicted molar refractivity (Wildman–Crippen MR) is 93.6 cm³/mol. The highest BCUT2D eigenvalue weighted by Crippen LogP contribution is 2.20. The van der Waals surface area contributed by atoms with Gasteiger partial charge in [0.15, 0.2) is 0 Å². The number of nitrogens with one attached hydrogen (secondary N) is 2. The molecule has 1 aliphatic rings. The molecule has 2 aromatic rings. The number of ether oxygens (including phenoxy) is 1. The van der Waals surface area contributed by atoms with Crippen LogP contribution in [0, 0.1) is 6.92 Å². The lowest BCUT2D eigenvalue weighted by Crippen LogP contribution is -2.19. The molecule has 1 aromatic heterocycles. The summed E-state index contributed by atoms with van der Waals surface area (Å²) >= 11 is 6.05. The highest BCUT2D eigenvalue weighted by Gasteiger charge is 2.15. The molecule has 1 amide bonds. The molecule has 1 atom stereocenters. The van der Waals surface area contributed by atoms with Crippen molar-refractivity contribution in [3.63, 3.8) is 0 Å². The van der Waals surface area contributed by atoms with Gasteiger partial charge in [0, 0.05) is 23.9 Å². The molecule has 24 heavy (non-hydrogen) atoms. The first-order valence-corrected chi connectivity index (χ1v) is 8.24. The molecule has 0 aliphatic carbocycles. The Morgan fingerprint density at radius 2 is 2.25 bits per heavy atom. The van der Waals surface area contributed by atoms with E-state index in [0.29, 0.717) is 23.1 Å². The number of aromatic nitrogens is 2. The van der Waals surface area contributed by atoms with Crippen molar-refractivity contribution >= 4 is 29.0 Å². The monoisotopic (exact) mass is 346 g/mol. The molecule has 0 spiro atoms. The number of carbonyl (C=O) groups excluding carboxylic acids is 1. The highest BCUT2D eigenvalue weighted by molar-refractivity contribution is 6.31. The van der Waals surface area contributed by atoms with Crippen LogP contribution < -0.4 is 10.6 Å². The number of benzene rings is 1. The zero-order valence-corrected chi connectivity index (χ0v) is 14.1. The largest absolute Gasteiger partial charge is 0.376 e. The highest BCUT2D eigenvalue weighted by atomic mass is 35.5. The number of rotatable bonds is 5. The molecular formula is C17H19ClN4O2. The number of carbonyl (C=O) groups is 1. The molecule has 0 saturated carbocycles. The van der Waals surface area contributed by atoms with Crippen LogP contribution in [0.3, 0.4) is 0 Å². The lowest BCUT2D eigenvalue weighted by atomic mass is 10.2. The van der Waals surface area contributed by atoms with E-state index >= 15 is 0 Å². The Morgan fingerprint density at radius 3 is 2.92 bits per heavy atom. The lowest BCUT2D eigenvalue weighted by molar-refractivity contribution is 0.102. The Hall–Kier alpha value is -2.18. The van der Waals surface area contributed by atoms with Crippen LogP contribution in [0.15, 0.2) is 30.6 Å². The van der Waals surface area contributed by atoms with Crippen molar-refractivity contribution in [2.45, 2.75) is 25.9 Å². The molecule has 7 heteroatoms. The topological polar surface area (TPSA) is 76.1 Å². The van der Waals surface area contributed by atoms with Gasteiger partial charge in [0.1, 0.15) is 11.5 Å².